The second-order valence-corrected chi connectivity index (χ2v) is 5.71. The van der Waals surface area contributed by atoms with Crippen molar-refractivity contribution in [1.82, 2.24) is 19.9 Å². The third-order valence-corrected chi connectivity index (χ3v) is 3.90. The number of pyridine rings is 1. The normalized spacial score (nSPS) is 10.9. The standard InChI is InChI=1S/C19H22N4O2/c1-2-25-11-5-8-19(24)21-13-15-9-10-18(20-12-15)23-14-22-16-6-3-4-7-17(16)23/h3-4,6-7,9-10,12,14H,2,5,8,11,13H2,1H3,(H,21,24). The fraction of sp³-hybridized carbons (Fsp3) is 0.316. The number of imidazole rings is 1. The number of fused-ring (bicyclic) bond motifs is 1. The molecule has 0 unspecified atom stereocenters. The predicted molar refractivity (Wildman–Crippen MR) is 96.4 cm³/mol. The summed E-state index contributed by atoms with van der Waals surface area (Å²) in [6.07, 6.45) is 4.77. The number of aromatic nitrogens is 3. The molecule has 0 fully saturated rings. The average molecular weight is 338 g/mol. The molecule has 0 saturated heterocycles. The van der Waals surface area contributed by atoms with E-state index in [1.165, 1.54) is 0 Å². The lowest BCUT2D eigenvalue weighted by Gasteiger charge is -2.07. The molecule has 0 aliphatic rings. The number of amides is 1. The van der Waals surface area contributed by atoms with Gasteiger partial charge in [-0.1, -0.05) is 18.2 Å². The summed E-state index contributed by atoms with van der Waals surface area (Å²) in [5.74, 6) is 0.838. The van der Waals surface area contributed by atoms with Gasteiger partial charge in [0.05, 0.1) is 11.0 Å². The molecule has 3 aromatic rings. The summed E-state index contributed by atoms with van der Waals surface area (Å²) in [6, 6.07) is 11.8. The van der Waals surface area contributed by atoms with Crippen molar-refractivity contribution in [3.63, 3.8) is 0 Å². The third kappa shape index (κ3) is 4.42. The fourth-order valence-corrected chi connectivity index (χ4v) is 2.57. The molecule has 25 heavy (non-hydrogen) atoms. The minimum Gasteiger partial charge on any atom is -0.382 e. The number of nitrogens with zero attached hydrogens (tertiary/aromatic N) is 3. The van der Waals surface area contributed by atoms with Crippen LogP contribution in [0.4, 0.5) is 0 Å². The second kappa shape index (κ2) is 8.39. The van der Waals surface area contributed by atoms with Gasteiger partial charge in [0.25, 0.3) is 0 Å². The van der Waals surface area contributed by atoms with Crippen LogP contribution in [0.3, 0.4) is 0 Å². The van der Waals surface area contributed by atoms with Crippen molar-refractivity contribution in [2.24, 2.45) is 0 Å². The molecule has 0 spiro atoms. The van der Waals surface area contributed by atoms with Crippen LogP contribution in [0.1, 0.15) is 25.3 Å². The van der Waals surface area contributed by atoms with Crippen LogP contribution in [-0.4, -0.2) is 33.7 Å². The van der Waals surface area contributed by atoms with Gasteiger partial charge in [-0.15, -0.1) is 0 Å². The van der Waals surface area contributed by atoms with Crippen LogP contribution in [0.15, 0.2) is 48.9 Å². The molecule has 0 atom stereocenters. The molecule has 130 valence electrons. The van der Waals surface area contributed by atoms with Crippen molar-refractivity contribution in [2.45, 2.75) is 26.3 Å². The number of carbonyl (C=O) groups is 1. The van der Waals surface area contributed by atoms with E-state index in [-0.39, 0.29) is 5.91 Å². The SMILES string of the molecule is CCOCCCC(=O)NCc1ccc(-n2cnc3ccccc32)nc1. The first-order valence-corrected chi connectivity index (χ1v) is 8.49. The highest BCUT2D eigenvalue weighted by Gasteiger charge is 2.06. The molecule has 1 amide bonds. The Morgan fingerprint density at radius 3 is 2.88 bits per heavy atom. The maximum atomic E-state index is 11.8. The smallest absolute Gasteiger partial charge is 0.220 e. The molecule has 0 aliphatic carbocycles. The maximum absolute atomic E-state index is 11.8. The summed E-state index contributed by atoms with van der Waals surface area (Å²) < 4.78 is 7.18. The highest BCUT2D eigenvalue weighted by Crippen LogP contribution is 2.16. The van der Waals surface area contributed by atoms with E-state index in [2.05, 4.69) is 15.3 Å². The minimum atomic E-state index is 0.0318. The van der Waals surface area contributed by atoms with Gasteiger partial charge in [-0.2, -0.15) is 0 Å². The fourth-order valence-electron chi connectivity index (χ4n) is 2.57. The summed E-state index contributed by atoms with van der Waals surface area (Å²) in [4.78, 5) is 20.6. The number of para-hydroxylation sites is 2. The number of nitrogens with one attached hydrogen (secondary N) is 1. The molecule has 6 heteroatoms. The van der Waals surface area contributed by atoms with E-state index in [4.69, 9.17) is 4.74 Å². The van der Waals surface area contributed by atoms with Crippen LogP contribution < -0.4 is 5.32 Å². The third-order valence-electron chi connectivity index (χ3n) is 3.90. The van der Waals surface area contributed by atoms with Gasteiger partial charge in [0.1, 0.15) is 12.1 Å². The molecule has 0 radical (unpaired) electrons. The van der Waals surface area contributed by atoms with Crippen LogP contribution in [0.2, 0.25) is 0 Å². The van der Waals surface area contributed by atoms with Crippen LogP contribution >= 0.6 is 0 Å². The van der Waals surface area contributed by atoms with Gasteiger partial charge in [-0.05, 0) is 37.1 Å². The Morgan fingerprint density at radius 2 is 2.08 bits per heavy atom. The van der Waals surface area contributed by atoms with Gasteiger partial charge in [0.2, 0.25) is 5.91 Å². The number of hydrogen-bond donors (Lipinski definition) is 1. The Bertz CT molecular complexity index is 827. The molecule has 6 nitrogen and oxygen atoms in total. The van der Waals surface area contributed by atoms with Crippen molar-refractivity contribution < 1.29 is 9.53 Å². The zero-order valence-electron chi connectivity index (χ0n) is 14.3. The van der Waals surface area contributed by atoms with Crippen molar-refractivity contribution in [1.29, 1.82) is 0 Å². The lowest BCUT2D eigenvalue weighted by Crippen LogP contribution is -2.22. The molecule has 2 heterocycles. The Labute approximate surface area is 146 Å². The maximum Gasteiger partial charge on any atom is 0.220 e. The molecule has 1 aromatic carbocycles. The molecule has 3 rings (SSSR count). The number of hydrogen-bond acceptors (Lipinski definition) is 4. The van der Waals surface area contributed by atoms with Gasteiger partial charge in [-0.3, -0.25) is 9.36 Å². The van der Waals surface area contributed by atoms with Crippen LogP contribution in [0, 0.1) is 0 Å². The Kier molecular flexibility index (Phi) is 5.74. The van der Waals surface area contributed by atoms with Gasteiger partial charge >= 0.3 is 0 Å². The van der Waals surface area contributed by atoms with Gasteiger partial charge in [0, 0.05) is 32.4 Å². The van der Waals surface area contributed by atoms with Crippen molar-refractivity contribution >= 4 is 16.9 Å². The lowest BCUT2D eigenvalue weighted by molar-refractivity contribution is -0.121. The highest BCUT2D eigenvalue weighted by molar-refractivity contribution is 5.77. The molecule has 0 bridgehead atoms. The quantitative estimate of drug-likeness (QED) is 0.641. The zero-order valence-corrected chi connectivity index (χ0v) is 14.3. The molecule has 2 aromatic heterocycles. The lowest BCUT2D eigenvalue weighted by atomic mass is 10.2. The first-order valence-electron chi connectivity index (χ1n) is 8.49. The summed E-state index contributed by atoms with van der Waals surface area (Å²) in [5, 5.41) is 2.91. The second-order valence-electron chi connectivity index (χ2n) is 5.71. The first-order chi connectivity index (χ1) is 12.3. The summed E-state index contributed by atoms with van der Waals surface area (Å²) >= 11 is 0. The average Bonchev–Trinajstić information content (AvgIpc) is 3.08. The monoisotopic (exact) mass is 338 g/mol. The van der Waals surface area contributed by atoms with Crippen LogP contribution in [0.5, 0.6) is 0 Å². The van der Waals surface area contributed by atoms with E-state index < -0.39 is 0 Å². The number of rotatable bonds is 8. The van der Waals surface area contributed by atoms with Crippen molar-refractivity contribution in [3.8, 4) is 5.82 Å². The molecule has 0 aliphatic heterocycles. The summed E-state index contributed by atoms with van der Waals surface area (Å²) in [6.45, 7) is 3.74. The van der Waals surface area contributed by atoms with Gasteiger partial charge in [0.15, 0.2) is 0 Å². The van der Waals surface area contributed by atoms with E-state index in [0.29, 0.717) is 26.2 Å². The summed E-state index contributed by atoms with van der Waals surface area (Å²) in [5.41, 5.74) is 2.92. The molecular weight excluding hydrogens is 316 g/mol. The number of carbonyl (C=O) groups excluding carboxylic acids is 1. The van der Waals surface area contributed by atoms with E-state index in [9.17, 15) is 4.79 Å². The van der Waals surface area contributed by atoms with E-state index >= 15 is 0 Å². The van der Waals surface area contributed by atoms with Gasteiger partial charge < -0.3 is 10.1 Å². The summed E-state index contributed by atoms with van der Waals surface area (Å²) in [7, 11) is 0. The molecule has 0 saturated carbocycles. The van der Waals surface area contributed by atoms with Crippen molar-refractivity contribution in [2.75, 3.05) is 13.2 Å². The Morgan fingerprint density at radius 1 is 1.20 bits per heavy atom. The topological polar surface area (TPSA) is 69.0 Å². The zero-order chi connectivity index (χ0) is 17.5. The molecular formula is C19H22N4O2. The Hall–Kier alpha value is -2.73. The molecule has 1 N–H and O–H groups in total. The number of ether oxygens (including phenoxy) is 1. The van der Waals surface area contributed by atoms with E-state index in [1.807, 2.05) is 47.9 Å². The van der Waals surface area contributed by atoms with E-state index in [0.717, 1.165) is 28.8 Å². The first kappa shape index (κ1) is 17.1. The van der Waals surface area contributed by atoms with Crippen LogP contribution in [-0.2, 0) is 16.1 Å². The minimum absolute atomic E-state index is 0.0318. The highest BCUT2D eigenvalue weighted by atomic mass is 16.5. The Balaban J connectivity index is 1.56. The van der Waals surface area contributed by atoms with Crippen LogP contribution in [0.25, 0.3) is 16.9 Å². The largest absolute Gasteiger partial charge is 0.382 e. The predicted octanol–water partition coefficient (Wildman–Crippen LogP) is 2.85. The van der Waals surface area contributed by atoms with Crippen molar-refractivity contribution in [3.05, 3.63) is 54.5 Å². The number of benzene rings is 1. The van der Waals surface area contributed by atoms with E-state index in [1.54, 1.807) is 12.5 Å². The van der Waals surface area contributed by atoms with Gasteiger partial charge in [-0.25, -0.2) is 9.97 Å².